The summed E-state index contributed by atoms with van der Waals surface area (Å²) in [5.41, 5.74) is 3.56. The van der Waals surface area contributed by atoms with Crippen LogP contribution in [0.25, 0.3) is 4.85 Å². The van der Waals surface area contributed by atoms with Gasteiger partial charge in [0.1, 0.15) is 0 Å². The van der Waals surface area contributed by atoms with Crippen LogP contribution >= 0.6 is 11.6 Å². The molecule has 0 atom stereocenters. The summed E-state index contributed by atoms with van der Waals surface area (Å²) >= 11 is 5.70. The van der Waals surface area contributed by atoms with E-state index in [0.29, 0.717) is 16.4 Å². The molecule has 0 unspecified atom stereocenters. The molecule has 11 heavy (non-hydrogen) atoms. The summed E-state index contributed by atoms with van der Waals surface area (Å²) in [5, 5.41) is 0.412. The zero-order chi connectivity index (χ0) is 8.27. The minimum Gasteiger partial charge on any atom is -0.324 e. The van der Waals surface area contributed by atoms with E-state index in [1.54, 1.807) is 18.2 Å². The fourth-order valence-corrected chi connectivity index (χ4v) is 0.910. The van der Waals surface area contributed by atoms with Crippen LogP contribution in [0.4, 0.5) is 11.4 Å². The van der Waals surface area contributed by atoms with E-state index in [1.165, 1.54) is 0 Å². The highest BCUT2D eigenvalue weighted by atomic mass is 35.5. The Morgan fingerprint density at radius 2 is 2.27 bits per heavy atom. The van der Waals surface area contributed by atoms with Gasteiger partial charge in [0, 0.05) is 10.7 Å². The molecule has 56 valence electrons. The third-order valence-corrected chi connectivity index (χ3v) is 1.54. The van der Waals surface area contributed by atoms with Gasteiger partial charge in [-0.25, -0.2) is 4.85 Å². The standard InChI is InChI=1S/C7H6ClN3/c1-10-7-3-2-5(11-9)4-6(7)8/h2-4,11H,9H2. The first kappa shape index (κ1) is 7.86. The average Bonchev–Trinajstić information content (AvgIpc) is 2.04. The Labute approximate surface area is 69.6 Å². The number of nitrogens with one attached hydrogen (secondary N) is 1. The van der Waals surface area contributed by atoms with Crippen LogP contribution < -0.4 is 11.3 Å². The minimum absolute atomic E-state index is 0.412. The third kappa shape index (κ3) is 1.61. The van der Waals surface area contributed by atoms with Crippen LogP contribution in [0.15, 0.2) is 18.2 Å². The average molecular weight is 168 g/mol. The van der Waals surface area contributed by atoms with Crippen molar-refractivity contribution >= 4 is 23.0 Å². The highest BCUT2D eigenvalue weighted by Crippen LogP contribution is 2.27. The van der Waals surface area contributed by atoms with Crippen molar-refractivity contribution in [2.24, 2.45) is 5.84 Å². The van der Waals surface area contributed by atoms with Crippen molar-refractivity contribution in [3.05, 3.63) is 34.6 Å². The van der Waals surface area contributed by atoms with E-state index in [9.17, 15) is 0 Å². The zero-order valence-corrected chi connectivity index (χ0v) is 6.39. The van der Waals surface area contributed by atoms with Gasteiger partial charge in [-0.15, -0.1) is 0 Å². The van der Waals surface area contributed by atoms with Crippen LogP contribution in [-0.2, 0) is 0 Å². The van der Waals surface area contributed by atoms with Crippen LogP contribution in [-0.4, -0.2) is 0 Å². The van der Waals surface area contributed by atoms with Crippen molar-refractivity contribution in [3.63, 3.8) is 0 Å². The number of nitrogens with two attached hydrogens (primary N) is 1. The second-order valence-electron chi connectivity index (χ2n) is 1.92. The van der Waals surface area contributed by atoms with Crippen LogP contribution in [0.1, 0.15) is 0 Å². The molecule has 3 nitrogen and oxygen atoms in total. The number of anilines is 1. The highest BCUT2D eigenvalue weighted by Gasteiger charge is 1.98. The fraction of sp³-hybridized carbons (Fsp3) is 0. The van der Waals surface area contributed by atoms with Crippen molar-refractivity contribution in [3.8, 4) is 0 Å². The van der Waals surface area contributed by atoms with E-state index in [2.05, 4.69) is 10.3 Å². The van der Waals surface area contributed by atoms with Crippen LogP contribution in [0, 0.1) is 6.57 Å². The van der Waals surface area contributed by atoms with Gasteiger partial charge in [0.15, 0.2) is 0 Å². The summed E-state index contributed by atoms with van der Waals surface area (Å²) in [7, 11) is 0. The van der Waals surface area contributed by atoms with Crippen molar-refractivity contribution in [1.29, 1.82) is 0 Å². The number of hydrazine groups is 1. The molecule has 0 saturated heterocycles. The van der Waals surface area contributed by atoms with E-state index < -0.39 is 0 Å². The van der Waals surface area contributed by atoms with Gasteiger partial charge in [-0.3, -0.25) is 5.84 Å². The normalized spacial score (nSPS) is 8.82. The van der Waals surface area contributed by atoms with Gasteiger partial charge >= 0.3 is 0 Å². The number of nitrogen functional groups attached to an aromatic ring is 1. The third-order valence-electron chi connectivity index (χ3n) is 1.23. The molecule has 1 rings (SSSR count). The van der Waals surface area contributed by atoms with Gasteiger partial charge in [0.2, 0.25) is 5.69 Å². The Morgan fingerprint density at radius 1 is 1.55 bits per heavy atom. The number of rotatable bonds is 1. The molecule has 0 aliphatic rings. The maximum absolute atomic E-state index is 6.70. The van der Waals surface area contributed by atoms with Crippen molar-refractivity contribution in [1.82, 2.24) is 0 Å². The molecule has 3 N–H and O–H groups in total. The summed E-state index contributed by atoms with van der Waals surface area (Å²) in [6, 6.07) is 4.92. The molecule has 0 saturated carbocycles. The number of hydrogen-bond acceptors (Lipinski definition) is 2. The largest absolute Gasteiger partial charge is 0.324 e. The Balaban J connectivity index is 3.12. The predicted molar refractivity (Wildman–Crippen MR) is 45.5 cm³/mol. The topological polar surface area (TPSA) is 42.4 Å². The molecule has 0 bridgehead atoms. The molecule has 0 spiro atoms. The van der Waals surface area contributed by atoms with Crippen molar-refractivity contribution in [2.45, 2.75) is 0 Å². The van der Waals surface area contributed by atoms with Crippen LogP contribution in [0.5, 0.6) is 0 Å². The van der Waals surface area contributed by atoms with Gasteiger partial charge in [0.05, 0.1) is 6.57 Å². The van der Waals surface area contributed by atoms with E-state index in [1.807, 2.05) is 0 Å². The van der Waals surface area contributed by atoms with Gasteiger partial charge in [-0.05, 0) is 12.1 Å². The van der Waals surface area contributed by atoms with E-state index in [0.717, 1.165) is 0 Å². The molecule has 1 aromatic rings. The summed E-state index contributed by atoms with van der Waals surface area (Å²) in [6.45, 7) is 6.70. The first-order valence-corrected chi connectivity index (χ1v) is 3.29. The lowest BCUT2D eigenvalue weighted by atomic mass is 10.3. The Bertz CT molecular complexity index is 303. The molecule has 0 heterocycles. The number of hydrogen-bond donors (Lipinski definition) is 2. The summed E-state index contributed by atoms with van der Waals surface area (Å²) in [6.07, 6.45) is 0. The molecule has 0 aromatic heterocycles. The smallest absolute Gasteiger partial charge is 0.205 e. The Kier molecular flexibility index (Phi) is 2.32. The SMILES string of the molecule is [C-]#[N+]c1ccc(NN)cc1Cl. The monoisotopic (exact) mass is 167 g/mol. The van der Waals surface area contributed by atoms with Crippen molar-refractivity contribution < 1.29 is 0 Å². The number of nitrogens with zero attached hydrogens (tertiary/aromatic N) is 1. The second kappa shape index (κ2) is 3.24. The fourth-order valence-electron chi connectivity index (χ4n) is 0.687. The van der Waals surface area contributed by atoms with Gasteiger partial charge in [-0.1, -0.05) is 17.7 Å². The molecule has 0 aliphatic carbocycles. The van der Waals surface area contributed by atoms with Crippen molar-refractivity contribution in [2.75, 3.05) is 5.43 Å². The zero-order valence-electron chi connectivity index (χ0n) is 5.63. The Hall–Kier alpha value is -1.24. The summed E-state index contributed by atoms with van der Waals surface area (Å²) in [4.78, 5) is 3.19. The molecule has 0 radical (unpaired) electrons. The number of benzene rings is 1. The van der Waals surface area contributed by atoms with Gasteiger partial charge in [-0.2, -0.15) is 0 Å². The first-order valence-electron chi connectivity index (χ1n) is 2.91. The molecule has 0 amide bonds. The van der Waals surface area contributed by atoms with E-state index >= 15 is 0 Å². The maximum atomic E-state index is 6.70. The molecular weight excluding hydrogens is 162 g/mol. The van der Waals surface area contributed by atoms with Gasteiger partial charge < -0.3 is 5.43 Å². The van der Waals surface area contributed by atoms with Crippen LogP contribution in [0.3, 0.4) is 0 Å². The molecule has 0 fully saturated rings. The first-order chi connectivity index (χ1) is 5.27. The van der Waals surface area contributed by atoms with E-state index in [4.69, 9.17) is 24.0 Å². The summed E-state index contributed by atoms with van der Waals surface area (Å²) in [5.74, 6) is 5.12. The highest BCUT2D eigenvalue weighted by molar-refractivity contribution is 6.33. The molecular formula is C7H6ClN3. The van der Waals surface area contributed by atoms with Gasteiger partial charge in [0.25, 0.3) is 0 Å². The quantitative estimate of drug-likeness (QED) is 0.383. The predicted octanol–water partition coefficient (Wildman–Crippen LogP) is 2.18. The lowest BCUT2D eigenvalue weighted by Crippen LogP contribution is -2.05. The number of halogens is 1. The van der Waals surface area contributed by atoms with E-state index in [-0.39, 0.29) is 0 Å². The molecule has 4 heteroatoms. The second-order valence-corrected chi connectivity index (χ2v) is 2.33. The lowest BCUT2D eigenvalue weighted by Gasteiger charge is -1.99. The molecule has 1 aromatic carbocycles. The summed E-state index contributed by atoms with van der Waals surface area (Å²) < 4.78 is 0. The Morgan fingerprint density at radius 3 is 2.73 bits per heavy atom. The minimum atomic E-state index is 0.412. The van der Waals surface area contributed by atoms with Crippen LogP contribution in [0.2, 0.25) is 5.02 Å². The lowest BCUT2D eigenvalue weighted by molar-refractivity contribution is 1.35. The molecule has 0 aliphatic heterocycles. The maximum Gasteiger partial charge on any atom is 0.205 e.